The number of hydrogen-bond acceptors (Lipinski definition) is 2. The maximum atomic E-state index is 11.7. The molecule has 2 amide bonds. The molecule has 0 aliphatic carbocycles. The number of halogens is 3. The smallest absolute Gasteiger partial charge is 0.350 e. The number of nitrogens with zero attached hydrogens (tertiary/aromatic N) is 1. The minimum absolute atomic E-state index is 0.0424. The zero-order chi connectivity index (χ0) is 11.2. The van der Waals surface area contributed by atoms with Gasteiger partial charge in [-0.2, -0.15) is 18.3 Å². The summed E-state index contributed by atoms with van der Waals surface area (Å²) in [5.41, 5.74) is 7.05. The summed E-state index contributed by atoms with van der Waals surface area (Å²) in [5.74, 6) is 0. The first-order valence-corrected chi connectivity index (χ1v) is 3.96. The van der Waals surface area contributed by atoms with Gasteiger partial charge < -0.3 is 5.73 Å². The molecular formula is C7H12F3N3O. The Hall–Kier alpha value is -1.27. The molecule has 0 aliphatic heterocycles. The normalized spacial score (nSPS) is 12.7. The van der Waals surface area contributed by atoms with Crippen molar-refractivity contribution in [3.05, 3.63) is 0 Å². The third kappa shape index (κ3) is 8.82. The van der Waals surface area contributed by atoms with Gasteiger partial charge in [-0.3, -0.25) is 0 Å². The number of nitrogens with one attached hydrogen (secondary N) is 1. The molecule has 0 atom stereocenters. The first kappa shape index (κ1) is 12.7. The average Bonchev–Trinajstić information content (AvgIpc) is 1.98. The van der Waals surface area contributed by atoms with E-state index >= 15 is 0 Å². The van der Waals surface area contributed by atoms with Crippen molar-refractivity contribution >= 4 is 11.7 Å². The number of rotatable bonds is 4. The number of urea groups is 1. The van der Waals surface area contributed by atoms with Crippen molar-refractivity contribution in [1.82, 2.24) is 5.43 Å². The van der Waals surface area contributed by atoms with E-state index in [0.717, 1.165) is 0 Å². The summed E-state index contributed by atoms with van der Waals surface area (Å²) in [6.45, 7) is 1.52. The summed E-state index contributed by atoms with van der Waals surface area (Å²) < 4.78 is 35.1. The Morgan fingerprint density at radius 3 is 2.50 bits per heavy atom. The standard InChI is InChI=1S/C7H12F3N3O/c1-5(12-13-6(11)14)3-2-4-7(8,9)10/h2-4H2,1H3,(H3,11,13,14). The van der Waals surface area contributed by atoms with Crippen LogP contribution in [0.3, 0.4) is 0 Å². The van der Waals surface area contributed by atoms with E-state index < -0.39 is 18.6 Å². The Morgan fingerprint density at radius 2 is 2.07 bits per heavy atom. The van der Waals surface area contributed by atoms with Gasteiger partial charge in [0.2, 0.25) is 0 Å². The Kier molecular flexibility index (Phi) is 4.96. The molecule has 0 bridgehead atoms. The number of carbonyl (C=O) groups is 1. The van der Waals surface area contributed by atoms with Gasteiger partial charge in [-0.15, -0.1) is 0 Å². The topological polar surface area (TPSA) is 67.5 Å². The fourth-order valence-corrected chi connectivity index (χ4v) is 0.751. The van der Waals surface area contributed by atoms with Crippen molar-refractivity contribution in [3.8, 4) is 0 Å². The van der Waals surface area contributed by atoms with Gasteiger partial charge in [0.05, 0.1) is 0 Å². The van der Waals surface area contributed by atoms with E-state index in [1.54, 1.807) is 0 Å². The Labute approximate surface area is 79.3 Å². The lowest BCUT2D eigenvalue weighted by Gasteiger charge is -2.05. The molecule has 0 saturated carbocycles. The van der Waals surface area contributed by atoms with Crippen LogP contribution in [0.1, 0.15) is 26.2 Å². The van der Waals surface area contributed by atoms with Gasteiger partial charge in [-0.25, -0.2) is 10.2 Å². The van der Waals surface area contributed by atoms with E-state index in [-0.39, 0.29) is 12.8 Å². The number of nitrogens with two attached hydrogens (primary N) is 1. The molecule has 3 N–H and O–H groups in total. The third-order valence-corrected chi connectivity index (χ3v) is 1.36. The number of primary amides is 1. The van der Waals surface area contributed by atoms with E-state index in [2.05, 4.69) is 5.10 Å². The molecule has 7 heteroatoms. The number of alkyl halides is 3. The van der Waals surface area contributed by atoms with Crippen molar-refractivity contribution in [3.63, 3.8) is 0 Å². The highest BCUT2D eigenvalue weighted by molar-refractivity contribution is 5.83. The Bertz CT molecular complexity index is 225. The summed E-state index contributed by atoms with van der Waals surface area (Å²) >= 11 is 0. The fourth-order valence-electron chi connectivity index (χ4n) is 0.751. The lowest BCUT2D eigenvalue weighted by Crippen LogP contribution is -2.25. The first-order chi connectivity index (χ1) is 6.31. The summed E-state index contributed by atoms with van der Waals surface area (Å²) in [5, 5.41) is 3.47. The number of carbonyl (C=O) groups excluding carboxylic acids is 1. The minimum atomic E-state index is -4.14. The predicted octanol–water partition coefficient (Wildman–Crippen LogP) is 1.76. The highest BCUT2D eigenvalue weighted by atomic mass is 19.4. The molecule has 0 spiro atoms. The zero-order valence-corrected chi connectivity index (χ0v) is 7.69. The molecular weight excluding hydrogens is 199 g/mol. The molecule has 4 nitrogen and oxygen atoms in total. The van der Waals surface area contributed by atoms with Crippen molar-refractivity contribution in [2.24, 2.45) is 10.8 Å². The second-order valence-corrected chi connectivity index (χ2v) is 2.79. The molecule has 0 fully saturated rings. The molecule has 82 valence electrons. The second kappa shape index (κ2) is 5.46. The molecule has 14 heavy (non-hydrogen) atoms. The van der Waals surface area contributed by atoms with Gasteiger partial charge in [-0.1, -0.05) is 0 Å². The zero-order valence-electron chi connectivity index (χ0n) is 7.69. The highest BCUT2D eigenvalue weighted by Gasteiger charge is 2.25. The van der Waals surface area contributed by atoms with Gasteiger partial charge in [-0.05, 0) is 19.8 Å². The summed E-state index contributed by atoms with van der Waals surface area (Å²) in [4.78, 5) is 10.2. The molecule has 0 aromatic carbocycles. The number of amides is 2. The van der Waals surface area contributed by atoms with Gasteiger partial charge in [0.1, 0.15) is 0 Å². The van der Waals surface area contributed by atoms with Crippen molar-refractivity contribution < 1.29 is 18.0 Å². The van der Waals surface area contributed by atoms with Crippen LogP contribution in [0.4, 0.5) is 18.0 Å². The lowest BCUT2D eigenvalue weighted by molar-refractivity contribution is -0.135. The van der Waals surface area contributed by atoms with Crippen LogP contribution < -0.4 is 11.2 Å². The molecule has 0 aromatic rings. The lowest BCUT2D eigenvalue weighted by atomic mass is 10.2. The van der Waals surface area contributed by atoms with Crippen molar-refractivity contribution in [2.45, 2.75) is 32.4 Å². The largest absolute Gasteiger partial charge is 0.389 e. The van der Waals surface area contributed by atoms with Crippen LogP contribution in [0.15, 0.2) is 5.10 Å². The van der Waals surface area contributed by atoms with Crippen molar-refractivity contribution in [2.75, 3.05) is 0 Å². The predicted molar refractivity (Wildman–Crippen MR) is 45.7 cm³/mol. The minimum Gasteiger partial charge on any atom is -0.350 e. The van der Waals surface area contributed by atoms with E-state index in [0.29, 0.717) is 5.71 Å². The SMILES string of the molecule is CC(CCCC(F)(F)F)=NNC(N)=O. The van der Waals surface area contributed by atoms with Gasteiger partial charge in [0.15, 0.2) is 0 Å². The second-order valence-electron chi connectivity index (χ2n) is 2.79. The molecule has 0 rings (SSSR count). The average molecular weight is 211 g/mol. The maximum Gasteiger partial charge on any atom is 0.389 e. The van der Waals surface area contributed by atoms with Crippen LogP contribution in [-0.4, -0.2) is 17.9 Å². The molecule has 0 saturated heterocycles. The van der Waals surface area contributed by atoms with Crippen LogP contribution in [0.2, 0.25) is 0 Å². The Morgan fingerprint density at radius 1 is 1.50 bits per heavy atom. The van der Waals surface area contributed by atoms with E-state index in [1.807, 2.05) is 5.43 Å². The fraction of sp³-hybridized carbons (Fsp3) is 0.714. The van der Waals surface area contributed by atoms with E-state index in [1.165, 1.54) is 6.92 Å². The van der Waals surface area contributed by atoms with Crippen LogP contribution in [0, 0.1) is 0 Å². The molecule has 0 heterocycles. The van der Waals surface area contributed by atoms with Crippen LogP contribution >= 0.6 is 0 Å². The number of hydrazone groups is 1. The first-order valence-electron chi connectivity index (χ1n) is 3.96. The van der Waals surface area contributed by atoms with Crippen molar-refractivity contribution in [1.29, 1.82) is 0 Å². The van der Waals surface area contributed by atoms with Crippen LogP contribution in [-0.2, 0) is 0 Å². The Balaban J connectivity index is 3.69. The van der Waals surface area contributed by atoms with Gasteiger partial charge in [0.25, 0.3) is 0 Å². The molecule has 0 aliphatic rings. The monoisotopic (exact) mass is 211 g/mol. The third-order valence-electron chi connectivity index (χ3n) is 1.36. The summed E-state index contributed by atoms with van der Waals surface area (Å²) in [6.07, 6.45) is -4.85. The highest BCUT2D eigenvalue weighted by Crippen LogP contribution is 2.22. The quantitative estimate of drug-likeness (QED) is 0.540. The maximum absolute atomic E-state index is 11.7. The van der Waals surface area contributed by atoms with Crippen LogP contribution in [0.25, 0.3) is 0 Å². The summed E-state index contributed by atoms with van der Waals surface area (Å²) in [6, 6.07) is -0.833. The van der Waals surface area contributed by atoms with Gasteiger partial charge in [0, 0.05) is 12.1 Å². The molecule has 0 aromatic heterocycles. The number of hydrogen-bond donors (Lipinski definition) is 2. The van der Waals surface area contributed by atoms with Crippen LogP contribution in [0.5, 0.6) is 0 Å². The molecule has 0 radical (unpaired) electrons. The molecule has 0 unspecified atom stereocenters. The summed E-state index contributed by atoms with van der Waals surface area (Å²) in [7, 11) is 0. The van der Waals surface area contributed by atoms with E-state index in [9.17, 15) is 18.0 Å². The van der Waals surface area contributed by atoms with Gasteiger partial charge >= 0.3 is 12.2 Å². The van der Waals surface area contributed by atoms with E-state index in [4.69, 9.17) is 5.73 Å².